The zero-order chi connectivity index (χ0) is 15.6. The molecule has 0 fully saturated rings. The molecular weight excluding hydrogens is 268 g/mol. The molecule has 0 aromatic heterocycles. The van der Waals surface area contributed by atoms with Gasteiger partial charge in [0.05, 0.1) is 6.61 Å². The van der Waals surface area contributed by atoms with Crippen LogP contribution in [0.5, 0.6) is 5.75 Å². The molecule has 0 amide bonds. The molecule has 0 spiro atoms. The van der Waals surface area contributed by atoms with Crippen LogP contribution in [-0.4, -0.2) is 6.61 Å². The Kier molecular flexibility index (Phi) is 6.50. The van der Waals surface area contributed by atoms with Gasteiger partial charge in [0, 0.05) is 0 Å². The first-order valence-corrected chi connectivity index (χ1v) is 7.92. The van der Waals surface area contributed by atoms with E-state index in [-0.39, 0.29) is 0 Å². The third kappa shape index (κ3) is 5.61. The molecule has 0 aliphatic rings. The third-order valence-corrected chi connectivity index (χ3v) is 3.41. The quantitative estimate of drug-likeness (QED) is 0.456. The van der Waals surface area contributed by atoms with Crippen molar-refractivity contribution in [2.45, 2.75) is 26.7 Å². The van der Waals surface area contributed by atoms with Crippen molar-refractivity contribution in [1.29, 1.82) is 0 Å². The topological polar surface area (TPSA) is 9.23 Å². The minimum absolute atomic E-state index is 0.797. The van der Waals surface area contributed by atoms with Crippen molar-refractivity contribution in [1.82, 2.24) is 0 Å². The second kappa shape index (κ2) is 8.89. The van der Waals surface area contributed by atoms with E-state index in [1.165, 1.54) is 16.7 Å². The lowest BCUT2D eigenvalue weighted by molar-refractivity contribution is 0.309. The van der Waals surface area contributed by atoms with Crippen molar-refractivity contribution in [3.05, 3.63) is 77.4 Å². The molecule has 114 valence electrons. The highest BCUT2D eigenvalue weighted by molar-refractivity contribution is 5.57. The fourth-order valence-electron chi connectivity index (χ4n) is 2.02. The first-order chi connectivity index (χ1) is 10.8. The van der Waals surface area contributed by atoms with Crippen LogP contribution in [0.2, 0.25) is 0 Å². The Balaban J connectivity index is 1.86. The van der Waals surface area contributed by atoms with Gasteiger partial charge in [0.25, 0.3) is 0 Å². The second-order valence-corrected chi connectivity index (χ2v) is 5.40. The molecule has 0 aliphatic carbocycles. The predicted octanol–water partition coefficient (Wildman–Crippen LogP) is 5.90. The molecule has 2 rings (SSSR count). The van der Waals surface area contributed by atoms with E-state index in [1.54, 1.807) is 0 Å². The number of benzene rings is 2. The average Bonchev–Trinajstić information content (AvgIpc) is 2.55. The zero-order valence-corrected chi connectivity index (χ0v) is 13.5. The number of allylic oxidation sites excluding steroid dienone is 2. The van der Waals surface area contributed by atoms with E-state index < -0.39 is 0 Å². The van der Waals surface area contributed by atoms with Gasteiger partial charge >= 0.3 is 0 Å². The molecule has 2 aromatic rings. The van der Waals surface area contributed by atoms with Crippen LogP contribution < -0.4 is 4.74 Å². The lowest BCUT2D eigenvalue weighted by Gasteiger charge is -2.04. The van der Waals surface area contributed by atoms with Gasteiger partial charge < -0.3 is 4.74 Å². The predicted molar refractivity (Wildman–Crippen MR) is 96.1 cm³/mol. The molecule has 0 aliphatic heterocycles. The van der Waals surface area contributed by atoms with Crippen LogP contribution in [0.15, 0.2) is 60.7 Å². The Bertz CT molecular complexity index is 603. The fourth-order valence-corrected chi connectivity index (χ4v) is 2.02. The van der Waals surface area contributed by atoms with Crippen LogP contribution in [0.3, 0.4) is 0 Å². The van der Waals surface area contributed by atoms with Gasteiger partial charge in [-0.3, -0.25) is 0 Å². The maximum Gasteiger partial charge on any atom is 0.119 e. The minimum atomic E-state index is 0.797. The maximum absolute atomic E-state index is 5.66. The molecule has 1 heteroatoms. The van der Waals surface area contributed by atoms with Crippen LogP contribution in [-0.2, 0) is 0 Å². The second-order valence-electron chi connectivity index (χ2n) is 5.40. The first kappa shape index (κ1) is 16.1. The summed E-state index contributed by atoms with van der Waals surface area (Å²) in [4.78, 5) is 0. The van der Waals surface area contributed by atoms with E-state index in [1.807, 2.05) is 12.1 Å². The van der Waals surface area contributed by atoms with Gasteiger partial charge in [-0.25, -0.2) is 0 Å². The Morgan fingerprint density at radius 3 is 1.91 bits per heavy atom. The SMILES string of the molecule is CCCCOc1ccc(/C=C/C=C/c2ccc(C)cc2)cc1. The number of rotatable bonds is 7. The smallest absolute Gasteiger partial charge is 0.119 e. The summed E-state index contributed by atoms with van der Waals surface area (Å²) in [6.07, 6.45) is 10.6. The van der Waals surface area contributed by atoms with Crippen LogP contribution in [0, 0.1) is 6.92 Å². The summed E-state index contributed by atoms with van der Waals surface area (Å²) in [7, 11) is 0. The fraction of sp³-hybridized carbons (Fsp3) is 0.238. The molecule has 0 radical (unpaired) electrons. The van der Waals surface area contributed by atoms with E-state index in [9.17, 15) is 0 Å². The molecule has 1 nitrogen and oxygen atoms in total. The molecule has 22 heavy (non-hydrogen) atoms. The number of ether oxygens (including phenoxy) is 1. The highest BCUT2D eigenvalue weighted by Crippen LogP contribution is 2.14. The van der Waals surface area contributed by atoms with E-state index in [0.717, 1.165) is 25.2 Å². The first-order valence-electron chi connectivity index (χ1n) is 7.92. The molecule has 0 unspecified atom stereocenters. The van der Waals surface area contributed by atoms with Gasteiger partial charge in [-0.1, -0.05) is 79.6 Å². The van der Waals surface area contributed by atoms with E-state index in [4.69, 9.17) is 4.74 Å². The lowest BCUT2D eigenvalue weighted by atomic mass is 10.1. The van der Waals surface area contributed by atoms with Crippen molar-refractivity contribution in [3.63, 3.8) is 0 Å². The molecule has 2 aromatic carbocycles. The van der Waals surface area contributed by atoms with Crippen molar-refractivity contribution in [3.8, 4) is 5.75 Å². The van der Waals surface area contributed by atoms with Crippen molar-refractivity contribution in [2.24, 2.45) is 0 Å². The summed E-state index contributed by atoms with van der Waals surface area (Å²) in [6, 6.07) is 16.7. The van der Waals surface area contributed by atoms with Gasteiger partial charge in [-0.2, -0.15) is 0 Å². The Morgan fingerprint density at radius 2 is 1.36 bits per heavy atom. The zero-order valence-electron chi connectivity index (χ0n) is 13.5. The molecule has 0 N–H and O–H groups in total. The summed E-state index contributed by atoms with van der Waals surface area (Å²) in [5.74, 6) is 0.945. The molecule has 0 atom stereocenters. The van der Waals surface area contributed by atoms with E-state index in [2.05, 4.69) is 74.5 Å². The highest BCUT2D eigenvalue weighted by Gasteiger charge is 1.92. The summed E-state index contributed by atoms with van der Waals surface area (Å²) in [6.45, 7) is 5.06. The number of hydrogen-bond donors (Lipinski definition) is 0. The van der Waals surface area contributed by atoms with E-state index in [0.29, 0.717) is 0 Å². The van der Waals surface area contributed by atoms with Gasteiger partial charge in [0.15, 0.2) is 0 Å². The summed E-state index contributed by atoms with van der Waals surface area (Å²) in [5.41, 5.74) is 3.68. The number of aryl methyl sites for hydroxylation is 1. The summed E-state index contributed by atoms with van der Waals surface area (Å²) < 4.78 is 5.66. The third-order valence-electron chi connectivity index (χ3n) is 3.41. The van der Waals surface area contributed by atoms with Gasteiger partial charge in [-0.05, 0) is 36.6 Å². The van der Waals surface area contributed by atoms with Crippen LogP contribution in [0.25, 0.3) is 12.2 Å². The molecular formula is C21H24O. The lowest BCUT2D eigenvalue weighted by Crippen LogP contribution is -1.95. The van der Waals surface area contributed by atoms with Gasteiger partial charge in [0.2, 0.25) is 0 Å². The van der Waals surface area contributed by atoms with Crippen LogP contribution in [0.1, 0.15) is 36.5 Å². The summed E-state index contributed by atoms with van der Waals surface area (Å²) >= 11 is 0. The number of unbranched alkanes of at least 4 members (excludes halogenated alkanes) is 1. The normalized spacial score (nSPS) is 11.4. The Labute approximate surface area is 134 Å². The Hall–Kier alpha value is -2.28. The average molecular weight is 292 g/mol. The van der Waals surface area contributed by atoms with E-state index >= 15 is 0 Å². The van der Waals surface area contributed by atoms with Crippen molar-refractivity contribution in [2.75, 3.05) is 6.61 Å². The van der Waals surface area contributed by atoms with Crippen molar-refractivity contribution >= 4 is 12.2 Å². The van der Waals surface area contributed by atoms with Gasteiger partial charge in [-0.15, -0.1) is 0 Å². The Morgan fingerprint density at radius 1 is 0.818 bits per heavy atom. The van der Waals surface area contributed by atoms with Crippen LogP contribution in [0.4, 0.5) is 0 Å². The highest BCUT2D eigenvalue weighted by atomic mass is 16.5. The molecule has 0 heterocycles. The standard InChI is InChI=1S/C21H24O/c1-3-4-17-22-21-15-13-20(14-16-21)8-6-5-7-19-11-9-18(2)10-12-19/h5-16H,3-4,17H2,1-2H3/b7-5+,8-6+. The minimum Gasteiger partial charge on any atom is -0.494 e. The molecule has 0 bridgehead atoms. The van der Waals surface area contributed by atoms with Gasteiger partial charge in [0.1, 0.15) is 5.75 Å². The molecule has 0 saturated heterocycles. The molecule has 0 saturated carbocycles. The maximum atomic E-state index is 5.66. The van der Waals surface area contributed by atoms with Crippen molar-refractivity contribution < 1.29 is 4.74 Å². The summed E-state index contributed by atoms with van der Waals surface area (Å²) in [5, 5.41) is 0. The van der Waals surface area contributed by atoms with Crippen LogP contribution >= 0.6 is 0 Å². The number of hydrogen-bond acceptors (Lipinski definition) is 1. The monoisotopic (exact) mass is 292 g/mol. The largest absolute Gasteiger partial charge is 0.494 e.